The molecule has 0 spiro atoms. The van der Waals surface area contributed by atoms with Gasteiger partial charge >= 0.3 is 0 Å². The summed E-state index contributed by atoms with van der Waals surface area (Å²) >= 11 is 6.04. The van der Waals surface area contributed by atoms with Crippen molar-refractivity contribution >= 4 is 31.3 Å². The standard InChI is InChI=1S/C10H12Cl2O5S/c1-15-7-4-8(16-2)10(17-3)6(9(7)11)5-18(12,13)14/h4H,5H2,1-3H3. The van der Waals surface area contributed by atoms with Crippen molar-refractivity contribution in [2.45, 2.75) is 5.75 Å². The summed E-state index contributed by atoms with van der Waals surface area (Å²) in [6, 6.07) is 1.51. The Hall–Kier alpha value is -0.850. The van der Waals surface area contributed by atoms with Crippen molar-refractivity contribution in [1.82, 2.24) is 0 Å². The van der Waals surface area contributed by atoms with Crippen LogP contribution in [0.2, 0.25) is 5.02 Å². The lowest BCUT2D eigenvalue weighted by atomic mass is 10.2. The van der Waals surface area contributed by atoms with Gasteiger partial charge in [-0.15, -0.1) is 0 Å². The Bertz CT molecular complexity index is 542. The summed E-state index contributed by atoms with van der Waals surface area (Å²) < 4.78 is 37.6. The number of ether oxygens (including phenoxy) is 3. The van der Waals surface area contributed by atoms with Crippen LogP contribution in [0.15, 0.2) is 6.07 Å². The van der Waals surface area contributed by atoms with Crippen LogP contribution in [0, 0.1) is 0 Å². The molecule has 0 amide bonds. The van der Waals surface area contributed by atoms with Crippen molar-refractivity contribution < 1.29 is 22.6 Å². The molecule has 0 N–H and O–H groups in total. The Morgan fingerprint density at radius 2 is 1.67 bits per heavy atom. The second-order valence-corrected chi connectivity index (χ2v) is 6.44. The maximum Gasteiger partial charge on any atom is 0.236 e. The maximum atomic E-state index is 11.2. The Kier molecular flexibility index (Phi) is 4.95. The summed E-state index contributed by atoms with van der Waals surface area (Å²) in [5.74, 6) is 0.329. The molecule has 0 atom stereocenters. The van der Waals surface area contributed by atoms with E-state index in [-0.39, 0.29) is 22.1 Å². The number of methoxy groups -OCH3 is 3. The highest BCUT2D eigenvalue weighted by molar-refractivity contribution is 8.13. The van der Waals surface area contributed by atoms with Crippen LogP contribution >= 0.6 is 22.3 Å². The zero-order chi connectivity index (χ0) is 13.9. The van der Waals surface area contributed by atoms with Gasteiger partial charge in [-0.05, 0) is 0 Å². The van der Waals surface area contributed by atoms with Crippen LogP contribution < -0.4 is 14.2 Å². The van der Waals surface area contributed by atoms with Crippen molar-refractivity contribution in [1.29, 1.82) is 0 Å². The highest BCUT2D eigenvalue weighted by Gasteiger charge is 2.23. The van der Waals surface area contributed by atoms with Gasteiger partial charge in [0.2, 0.25) is 9.05 Å². The third kappa shape index (κ3) is 3.34. The van der Waals surface area contributed by atoms with E-state index in [1.807, 2.05) is 0 Å². The molecule has 0 radical (unpaired) electrons. The first-order valence-corrected chi connectivity index (χ1v) is 7.59. The van der Waals surface area contributed by atoms with Crippen molar-refractivity contribution in [3.63, 3.8) is 0 Å². The van der Waals surface area contributed by atoms with Crippen LogP contribution in [0.25, 0.3) is 0 Å². The summed E-state index contributed by atoms with van der Waals surface area (Å²) in [7, 11) is 5.66. The lowest BCUT2D eigenvalue weighted by Gasteiger charge is -2.16. The second kappa shape index (κ2) is 5.86. The predicted molar refractivity (Wildman–Crippen MR) is 69.6 cm³/mol. The lowest BCUT2D eigenvalue weighted by molar-refractivity contribution is 0.346. The fraction of sp³-hybridized carbons (Fsp3) is 0.400. The van der Waals surface area contributed by atoms with Gasteiger partial charge in [0.25, 0.3) is 0 Å². The first-order chi connectivity index (χ1) is 8.34. The molecule has 5 nitrogen and oxygen atoms in total. The van der Waals surface area contributed by atoms with Gasteiger partial charge < -0.3 is 14.2 Å². The fourth-order valence-corrected chi connectivity index (χ4v) is 2.78. The quantitative estimate of drug-likeness (QED) is 0.781. The average molecular weight is 315 g/mol. The second-order valence-electron chi connectivity index (χ2n) is 3.29. The van der Waals surface area contributed by atoms with E-state index < -0.39 is 14.8 Å². The molecule has 0 saturated heterocycles. The minimum Gasteiger partial charge on any atom is -0.495 e. The number of rotatable bonds is 5. The van der Waals surface area contributed by atoms with Crippen LogP contribution in [-0.2, 0) is 14.8 Å². The molecule has 0 fully saturated rings. The number of hydrogen-bond acceptors (Lipinski definition) is 5. The first kappa shape index (κ1) is 15.2. The van der Waals surface area contributed by atoms with Crippen LogP contribution in [0.3, 0.4) is 0 Å². The summed E-state index contributed by atoms with van der Waals surface area (Å²) in [6.45, 7) is 0. The Morgan fingerprint density at radius 3 is 2.06 bits per heavy atom. The van der Waals surface area contributed by atoms with Gasteiger partial charge in [0.1, 0.15) is 5.75 Å². The van der Waals surface area contributed by atoms with Crippen LogP contribution in [0.5, 0.6) is 17.2 Å². The van der Waals surface area contributed by atoms with Crippen molar-refractivity contribution in [3.05, 3.63) is 16.7 Å². The van der Waals surface area contributed by atoms with Crippen LogP contribution in [0.1, 0.15) is 5.56 Å². The van der Waals surface area contributed by atoms with Gasteiger partial charge in [-0.3, -0.25) is 0 Å². The van der Waals surface area contributed by atoms with Crippen LogP contribution in [0.4, 0.5) is 0 Å². The average Bonchev–Trinajstić information content (AvgIpc) is 2.29. The minimum absolute atomic E-state index is 0.124. The normalized spacial score (nSPS) is 11.2. The van der Waals surface area contributed by atoms with Crippen LogP contribution in [-0.4, -0.2) is 29.7 Å². The molecule has 8 heteroatoms. The summed E-state index contributed by atoms with van der Waals surface area (Å²) in [4.78, 5) is 0. The monoisotopic (exact) mass is 314 g/mol. The third-order valence-electron chi connectivity index (χ3n) is 2.20. The molecule has 18 heavy (non-hydrogen) atoms. The molecule has 0 saturated carbocycles. The lowest BCUT2D eigenvalue weighted by Crippen LogP contribution is -2.03. The number of hydrogen-bond donors (Lipinski definition) is 0. The molecule has 1 rings (SSSR count). The molecule has 0 aliphatic heterocycles. The van der Waals surface area contributed by atoms with E-state index in [0.717, 1.165) is 0 Å². The Labute approximate surface area is 115 Å². The molecular weight excluding hydrogens is 303 g/mol. The number of benzene rings is 1. The number of halogens is 2. The first-order valence-electron chi connectivity index (χ1n) is 4.73. The van der Waals surface area contributed by atoms with E-state index in [2.05, 4.69) is 0 Å². The SMILES string of the molecule is COc1cc(OC)c(OC)c(CS(=O)(=O)Cl)c1Cl. The van der Waals surface area contributed by atoms with E-state index in [0.29, 0.717) is 5.75 Å². The molecule has 0 aliphatic carbocycles. The zero-order valence-electron chi connectivity index (χ0n) is 9.99. The summed E-state index contributed by atoms with van der Waals surface area (Å²) in [5.41, 5.74) is 0.199. The van der Waals surface area contributed by atoms with Crippen molar-refractivity contribution in [2.75, 3.05) is 21.3 Å². The summed E-state index contributed by atoms with van der Waals surface area (Å²) in [6.07, 6.45) is 0. The Balaban J connectivity index is 3.52. The molecule has 102 valence electrons. The van der Waals surface area contributed by atoms with E-state index in [4.69, 9.17) is 36.5 Å². The van der Waals surface area contributed by atoms with Gasteiger partial charge in [0.05, 0.1) is 32.1 Å². The molecule has 0 aliphatic rings. The van der Waals surface area contributed by atoms with Gasteiger partial charge in [0, 0.05) is 22.3 Å². The Morgan fingerprint density at radius 1 is 1.11 bits per heavy atom. The van der Waals surface area contributed by atoms with Gasteiger partial charge in [-0.25, -0.2) is 8.42 Å². The molecule has 1 aromatic rings. The predicted octanol–water partition coefficient (Wildman–Crippen LogP) is 2.43. The molecule has 0 unspecified atom stereocenters. The minimum atomic E-state index is -3.79. The largest absolute Gasteiger partial charge is 0.495 e. The van der Waals surface area contributed by atoms with E-state index in [9.17, 15) is 8.42 Å². The van der Waals surface area contributed by atoms with E-state index >= 15 is 0 Å². The topological polar surface area (TPSA) is 61.8 Å². The van der Waals surface area contributed by atoms with Gasteiger partial charge in [-0.1, -0.05) is 11.6 Å². The fourth-order valence-electron chi connectivity index (χ4n) is 1.47. The molecule has 0 bridgehead atoms. The summed E-state index contributed by atoms with van der Waals surface area (Å²) in [5, 5.41) is 0.124. The highest BCUT2D eigenvalue weighted by Crippen LogP contribution is 2.43. The van der Waals surface area contributed by atoms with Gasteiger partial charge in [0.15, 0.2) is 11.5 Å². The van der Waals surface area contributed by atoms with Crippen molar-refractivity contribution in [2.24, 2.45) is 0 Å². The van der Waals surface area contributed by atoms with E-state index in [1.54, 1.807) is 0 Å². The van der Waals surface area contributed by atoms with Gasteiger partial charge in [-0.2, -0.15) is 0 Å². The van der Waals surface area contributed by atoms with Crippen molar-refractivity contribution in [3.8, 4) is 17.2 Å². The molecular formula is C10H12Cl2O5S. The molecule has 1 aromatic carbocycles. The molecule has 0 heterocycles. The molecule has 0 aromatic heterocycles. The maximum absolute atomic E-state index is 11.2. The zero-order valence-corrected chi connectivity index (χ0v) is 12.3. The van der Waals surface area contributed by atoms with E-state index in [1.165, 1.54) is 27.4 Å². The third-order valence-corrected chi connectivity index (χ3v) is 3.58. The highest BCUT2D eigenvalue weighted by atomic mass is 35.7. The smallest absolute Gasteiger partial charge is 0.236 e.